The minimum Gasteiger partial charge on any atom is -0.369 e. The molecule has 1 aromatic rings. The summed E-state index contributed by atoms with van der Waals surface area (Å²) in [7, 11) is 0. The molecule has 12 heavy (non-hydrogen) atoms. The van der Waals surface area contributed by atoms with Crippen molar-refractivity contribution in [3.05, 3.63) is 28.2 Å². The lowest BCUT2D eigenvalue weighted by Crippen LogP contribution is -2.15. The fourth-order valence-corrected chi connectivity index (χ4v) is 1.20. The summed E-state index contributed by atoms with van der Waals surface area (Å²) in [6.45, 7) is 0. The van der Waals surface area contributed by atoms with Crippen LogP contribution in [0.15, 0.2) is 16.7 Å². The van der Waals surface area contributed by atoms with Gasteiger partial charge in [-0.25, -0.2) is 4.39 Å². The van der Waals surface area contributed by atoms with Gasteiger partial charge in [-0.05, 0) is 22.0 Å². The summed E-state index contributed by atoms with van der Waals surface area (Å²) in [5.41, 5.74) is 5.39. The Balaban J connectivity index is 2.93. The molecule has 0 radical (unpaired) electrons. The highest BCUT2D eigenvalue weighted by atomic mass is 79.9. The molecule has 0 aromatic carbocycles. The van der Waals surface area contributed by atoms with Gasteiger partial charge in [0, 0.05) is 4.47 Å². The van der Waals surface area contributed by atoms with Gasteiger partial charge in [0.2, 0.25) is 5.91 Å². The van der Waals surface area contributed by atoms with Crippen LogP contribution in [0.25, 0.3) is 0 Å². The van der Waals surface area contributed by atoms with E-state index in [1.807, 2.05) is 0 Å². The molecule has 0 saturated heterocycles. The average molecular weight is 233 g/mol. The number of nitrogens with zero attached hydrogens (tertiary/aromatic N) is 1. The molecule has 1 aromatic heterocycles. The van der Waals surface area contributed by atoms with Crippen LogP contribution in [-0.4, -0.2) is 10.9 Å². The zero-order chi connectivity index (χ0) is 9.14. The van der Waals surface area contributed by atoms with Gasteiger partial charge in [-0.2, -0.15) is 0 Å². The zero-order valence-corrected chi connectivity index (χ0v) is 7.64. The van der Waals surface area contributed by atoms with Crippen molar-refractivity contribution in [3.8, 4) is 0 Å². The Morgan fingerprint density at radius 2 is 2.42 bits per heavy atom. The Bertz CT molecular complexity index is 316. The van der Waals surface area contributed by atoms with Crippen molar-refractivity contribution in [1.29, 1.82) is 0 Å². The normalized spacial score (nSPS) is 9.83. The van der Waals surface area contributed by atoms with Crippen molar-refractivity contribution < 1.29 is 9.18 Å². The first-order valence-corrected chi connectivity index (χ1v) is 3.97. The minimum atomic E-state index is -0.491. The van der Waals surface area contributed by atoms with E-state index in [-0.39, 0.29) is 6.42 Å². The number of carbonyl (C=O) groups excluding carboxylic acids is 1. The summed E-state index contributed by atoms with van der Waals surface area (Å²) < 4.78 is 12.9. The molecule has 1 amide bonds. The average Bonchev–Trinajstić information content (AvgIpc) is 1.94. The Kier molecular flexibility index (Phi) is 2.75. The van der Waals surface area contributed by atoms with E-state index in [1.165, 1.54) is 6.07 Å². The molecule has 3 nitrogen and oxygen atoms in total. The minimum absolute atomic E-state index is 0.0147. The fourth-order valence-electron chi connectivity index (χ4n) is 0.738. The van der Waals surface area contributed by atoms with Crippen LogP contribution in [-0.2, 0) is 11.2 Å². The SMILES string of the molecule is NC(=O)Cc1ncc(F)cc1Br. The van der Waals surface area contributed by atoms with Crippen LogP contribution in [0.4, 0.5) is 4.39 Å². The number of hydrogen-bond acceptors (Lipinski definition) is 2. The van der Waals surface area contributed by atoms with Gasteiger partial charge in [-0.1, -0.05) is 0 Å². The number of pyridine rings is 1. The summed E-state index contributed by atoms with van der Waals surface area (Å²) in [4.78, 5) is 14.2. The maximum Gasteiger partial charge on any atom is 0.223 e. The standard InChI is InChI=1S/C7H6BrFN2O/c8-5-1-4(9)3-11-6(5)2-7(10)12/h1,3H,2H2,(H2,10,12). The molecule has 0 unspecified atom stereocenters. The molecule has 64 valence electrons. The molecule has 0 aliphatic rings. The van der Waals surface area contributed by atoms with Crippen molar-refractivity contribution in [1.82, 2.24) is 4.98 Å². The van der Waals surface area contributed by atoms with Gasteiger partial charge in [0.15, 0.2) is 0 Å². The van der Waals surface area contributed by atoms with Crippen molar-refractivity contribution in [3.63, 3.8) is 0 Å². The lowest BCUT2D eigenvalue weighted by Gasteiger charge is -1.99. The monoisotopic (exact) mass is 232 g/mol. The van der Waals surface area contributed by atoms with Gasteiger partial charge >= 0.3 is 0 Å². The van der Waals surface area contributed by atoms with E-state index >= 15 is 0 Å². The second-order valence-corrected chi connectivity index (χ2v) is 3.08. The molecule has 0 spiro atoms. The number of primary amides is 1. The van der Waals surface area contributed by atoms with Gasteiger partial charge in [-0.3, -0.25) is 9.78 Å². The number of amides is 1. The molecule has 0 aliphatic carbocycles. The molecule has 0 saturated carbocycles. The smallest absolute Gasteiger partial charge is 0.223 e. The molecule has 1 heterocycles. The number of hydrogen-bond donors (Lipinski definition) is 1. The molecule has 5 heteroatoms. The van der Waals surface area contributed by atoms with Gasteiger partial charge in [-0.15, -0.1) is 0 Å². The highest BCUT2D eigenvalue weighted by molar-refractivity contribution is 9.10. The predicted octanol–water partition coefficient (Wildman–Crippen LogP) is 1.01. The largest absolute Gasteiger partial charge is 0.369 e. The molecule has 0 fully saturated rings. The first-order chi connectivity index (χ1) is 5.59. The fraction of sp³-hybridized carbons (Fsp3) is 0.143. The van der Waals surface area contributed by atoms with Crippen LogP contribution in [0.1, 0.15) is 5.69 Å². The number of halogens is 2. The van der Waals surface area contributed by atoms with E-state index in [9.17, 15) is 9.18 Å². The van der Waals surface area contributed by atoms with E-state index in [0.717, 1.165) is 6.20 Å². The zero-order valence-electron chi connectivity index (χ0n) is 6.05. The van der Waals surface area contributed by atoms with Crippen LogP contribution in [0.2, 0.25) is 0 Å². The van der Waals surface area contributed by atoms with Crippen molar-refractivity contribution in [2.45, 2.75) is 6.42 Å². The molecule has 2 N–H and O–H groups in total. The second kappa shape index (κ2) is 3.62. The Hall–Kier alpha value is -0.970. The number of aromatic nitrogens is 1. The summed E-state index contributed by atoms with van der Waals surface area (Å²) >= 11 is 3.07. The molecule has 0 atom stereocenters. The maximum absolute atomic E-state index is 12.5. The second-order valence-electron chi connectivity index (χ2n) is 2.23. The van der Waals surface area contributed by atoms with Crippen molar-refractivity contribution >= 4 is 21.8 Å². The summed E-state index contributed by atoms with van der Waals surface area (Å²) in [6.07, 6.45) is 1.06. The molecule has 0 aliphatic heterocycles. The maximum atomic E-state index is 12.5. The van der Waals surface area contributed by atoms with E-state index in [1.54, 1.807) is 0 Å². The Morgan fingerprint density at radius 1 is 1.75 bits per heavy atom. The number of carbonyl (C=O) groups is 1. The van der Waals surface area contributed by atoms with Crippen molar-refractivity contribution in [2.24, 2.45) is 5.73 Å². The van der Waals surface area contributed by atoms with Gasteiger partial charge in [0.1, 0.15) is 5.82 Å². The van der Waals surface area contributed by atoms with Gasteiger partial charge in [0.25, 0.3) is 0 Å². The summed E-state index contributed by atoms with van der Waals surface area (Å²) in [5, 5.41) is 0. The quantitative estimate of drug-likeness (QED) is 0.828. The van der Waals surface area contributed by atoms with E-state index in [4.69, 9.17) is 5.73 Å². The molecular weight excluding hydrogens is 227 g/mol. The highest BCUT2D eigenvalue weighted by Crippen LogP contribution is 2.15. The van der Waals surface area contributed by atoms with Gasteiger partial charge in [0.05, 0.1) is 18.3 Å². The first kappa shape index (κ1) is 9.12. The third kappa shape index (κ3) is 2.27. The summed E-state index contributed by atoms with van der Waals surface area (Å²) in [5.74, 6) is -0.940. The number of rotatable bonds is 2. The molecular formula is C7H6BrFN2O. The number of nitrogens with two attached hydrogens (primary N) is 1. The predicted molar refractivity (Wildman–Crippen MR) is 44.8 cm³/mol. The molecule has 0 bridgehead atoms. The summed E-state index contributed by atoms with van der Waals surface area (Å²) in [6, 6.07) is 1.24. The van der Waals surface area contributed by atoms with Crippen LogP contribution < -0.4 is 5.73 Å². The van der Waals surface area contributed by atoms with Crippen LogP contribution in [0, 0.1) is 5.82 Å². The lowest BCUT2D eigenvalue weighted by atomic mass is 10.2. The highest BCUT2D eigenvalue weighted by Gasteiger charge is 2.05. The third-order valence-electron chi connectivity index (χ3n) is 1.23. The third-order valence-corrected chi connectivity index (χ3v) is 1.91. The van der Waals surface area contributed by atoms with Crippen LogP contribution in [0.3, 0.4) is 0 Å². The van der Waals surface area contributed by atoms with E-state index < -0.39 is 11.7 Å². The molecule has 1 rings (SSSR count). The Morgan fingerprint density at radius 3 is 2.92 bits per heavy atom. The van der Waals surface area contributed by atoms with E-state index in [2.05, 4.69) is 20.9 Å². The lowest BCUT2D eigenvalue weighted by molar-refractivity contribution is -0.117. The van der Waals surface area contributed by atoms with Crippen LogP contribution >= 0.6 is 15.9 Å². The van der Waals surface area contributed by atoms with Gasteiger partial charge < -0.3 is 5.73 Å². The first-order valence-electron chi connectivity index (χ1n) is 3.18. The topological polar surface area (TPSA) is 56.0 Å². The van der Waals surface area contributed by atoms with E-state index in [0.29, 0.717) is 10.2 Å². The van der Waals surface area contributed by atoms with Crippen molar-refractivity contribution in [2.75, 3.05) is 0 Å². The Labute approximate surface area is 76.9 Å². The van der Waals surface area contributed by atoms with Crippen LogP contribution in [0.5, 0.6) is 0 Å².